The predicted octanol–water partition coefficient (Wildman–Crippen LogP) is 1.08. The summed E-state index contributed by atoms with van der Waals surface area (Å²) in [6.07, 6.45) is 1.66. The molecule has 0 aromatic carbocycles. The van der Waals surface area contributed by atoms with Crippen LogP contribution in [0.4, 0.5) is 0 Å². The van der Waals surface area contributed by atoms with E-state index in [1.165, 1.54) is 0 Å². The summed E-state index contributed by atoms with van der Waals surface area (Å²) in [5.41, 5.74) is 2.34. The third kappa shape index (κ3) is 1.39. The van der Waals surface area contributed by atoms with Crippen molar-refractivity contribution >= 4 is 11.2 Å². The first-order chi connectivity index (χ1) is 5.88. The van der Waals surface area contributed by atoms with Crippen molar-refractivity contribution in [2.24, 2.45) is 0 Å². The lowest BCUT2D eigenvalue weighted by molar-refractivity contribution is 0.946. The summed E-state index contributed by atoms with van der Waals surface area (Å²) < 4.78 is 0. The van der Waals surface area contributed by atoms with Crippen LogP contribution in [0.15, 0.2) is 6.20 Å². The van der Waals surface area contributed by atoms with Crippen molar-refractivity contribution in [3.8, 4) is 0 Å². The molecule has 0 radical (unpaired) electrons. The van der Waals surface area contributed by atoms with Gasteiger partial charge < -0.3 is 0 Å². The van der Waals surface area contributed by atoms with E-state index >= 15 is 0 Å². The zero-order valence-corrected chi connectivity index (χ0v) is 7.37. The van der Waals surface area contributed by atoms with E-state index in [2.05, 4.69) is 25.6 Å². The van der Waals surface area contributed by atoms with Crippen molar-refractivity contribution in [3.05, 3.63) is 11.8 Å². The van der Waals surface area contributed by atoms with Gasteiger partial charge in [-0.25, -0.2) is 0 Å². The molecule has 0 atom stereocenters. The number of fused-ring (bicyclic) bond motifs is 1. The number of nitrogens with one attached hydrogen (secondary N) is 1. The normalized spacial score (nSPS) is 9.25. The predicted molar refractivity (Wildman–Crippen MR) is 45.6 cm³/mol. The van der Waals surface area contributed by atoms with Gasteiger partial charge in [-0.3, -0.25) is 0 Å². The average Bonchev–Trinajstić information content (AvgIpc) is 2.57. The van der Waals surface area contributed by atoms with Gasteiger partial charge in [-0.2, -0.15) is 15.4 Å². The Morgan fingerprint density at radius 3 is 2.67 bits per heavy atom. The van der Waals surface area contributed by atoms with Crippen molar-refractivity contribution < 1.29 is 0 Å². The third-order valence-corrected chi connectivity index (χ3v) is 1.31. The Kier molecular flexibility index (Phi) is 2.68. The van der Waals surface area contributed by atoms with Gasteiger partial charge in [0.2, 0.25) is 5.65 Å². The molecule has 2 aromatic rings. The molecule has 64 valence electrons. The Balaban J connectivity index is 0.000000336. The molecule has 0 aliphatic rings. The van der Waals surface area contributed by atoms with Crippen molar-refractivity contribution in [2.75, 3.05) is 0 Å². The minimum absolute atomic E-state index is 0.569. The van der Waals surface area contributed by atoms with E-state index in [0.29, 0.717) is 5.65 Å². The fourth-order valence-corrected chi connectivity index (χ4v) is 0.791. The number of H-pyrrole nitrogens is 1. The maximum Gasteiger partial charge on any atom is 0.223 e. The standard InChI is InChI=1S/C5H5N5.C2H6/c1-3-2-6-8-5-4(3)7-10-9-5;1-2/h2H,1H3,(H,7,8,9,10);1-2H3. The maximum absolute atomic E-state index is 3.88. The van der Waals surface area contributed by atoms with Gasteiger partial charge in [-0.1, -0.05) is 13.8 Å². The highest BCUT2D eigenvalue weighted by molar-refractivity contribution is 5.71. The molecule has 0 unspecified atom stereocenters. The number of aromatic amines is 1. The summed E-state index contributed by atoms with van der Waals surface area (Å²) in [4.78, 5) is 0. The van der Waals surface area contributed by atoms with E-state index in [9.17, 15) is 0 Å². The molecular formula is C7H11N5. The largest absolute Gasteiger partial charge is 0.223 e. The molecule has 5 heteroatoms. The molecule has 12 heavy (non-hydrogen) atoms. The van der Waals surface area contributed by atoms with E-state index in [0.717, 1.165) is 11.1 Å². The molecule has 2 aromatic heterocycles. The smallest absolute Gasteiger partial charge is 0.195 e. The first-order valence-corrected chi connectivity index (χ1v) is 3.86. The molecule has 5 nitrogen and oxygen atoms in total. The molecular weight excluding hydrogens is 154 g/mol. The second kappa shape index (κ2) is 3.75. The molecule has 1 N–H and O–H groups in total. The van der Waals surface area contributed by atoms with Crippen LogP contribution in [0, 0.1) is 6.92 Å². The quantitative estimate of drug-likeness (QED) is 0.634. The molecule has 0 amide bonds. The lowest BCUT2D eigenvalue weighted by Gasteiger charge is -1.86. The number of hydrogen-bond donors (Lipinski definition) is 1. The van der Waals surface area contributed by atoms with Gasteiger partial charge in [-0.05, 0) is 6.92 Å². The number of hydrogen-bond acceptors (Lipinski definition) is 4. The van der Waals surface area contributed by atoms with Crippen LogP contribution < -0.4 is 0 Å². The Labute approximate surface area is 70.2 Å². The van der Waals surface area contributed by atoms with Crippen molar-refractivity contribution in [1.29, 1.82) is 0 Å². The first kappa shape index (κ1) is 8.58. The summed E-state index contributed by atoms with van der Waals surface area (Å²) in [5.74, 6) is 0. The fraction of sp³-hybridized carbons (Fsp3) is 0.429. The van der Waals surface area contributed by atoms with Crippen LogP contribution >= 0.6 is 0 Å². The van der Waals surface area contributed by atoms with Crippen LogP contribution in [0.25, 0.3) is 11.2 Å². The van der Waals surface area contributed by atoms with E-state index in [1.807, 2.05) is 20.8 Å². The van der Waals surface area contributed by atoms with Crippen LogP contribution in [-0.4, -0.2) is 25.6 Å². The summed E-state index contributed by atoms with van der Waals surface area (Å²) in [7, 11) is 0. The minimum atomic E-state index is 0.569. The summed E-state index contributed by atoms with van der Waals surface area (Å²) in [6.45, 7) is 5.92. The summed E-state index contributed by atoms with van der Waals surface area (Å²) in [6, 6.07) is 0. The Morgan fingerprint density at radius 2 is 2.00 bits per heavy atom. The highest BCUT2D eigenvalue weighted by atomic mass is 15.4. The molecule has 0 spiro atoms. The SMILES string of the molecule is CC.Cc1cnnc2n[nH]nc12. The number of aromatic nitrogens is 5. The molecule has 0 fully saturated rings. The maximum atomic E-state index is 3.88. The number of nitrogens with zero attached hydrogens (tertiary/aromatic N) is 4. The summed E-state index contributed by atoms with van der Waals surface area (Å²) >= 11 is 0. The molecule has 0 aliphatic carbocycles. The summed E-state index contributed by atoms with van der Waals surface area (Å²) in [5, 5.41) is 17.6. The van der Waals surface area contributed by atoms with Crippen molar-refractivity contribution in [2.45, 2.75) is 20.8 Å². The van der Waals surface area contributed by atoms with Gasteiger partial charge in [0.15, 0.2) is 0 Å². The highest BCUT2D eigenvalue weighted by Crippen LogP contribution is 2.05. The van der Waals surface area contributed by atoms with Crippen LogP contribution in [0.3, 0.4) is 0 Å². The lowest BCUT2D eigenvalue weighted by Crippen LogP contribution is -1.84. The van der Waals surface area contributed by atoms with Crippen LogP contribution in [0.1, 0.15) is 19.4 Å². The highest BCUT2D eigenvalue weighted by Gasteiger charge is 2.00. The molecule has 0 saturated heterocycles. The van der Waals surface area contributed by atoms with Gasteiger partial charge in [0.25, 0.3) is 0 Å². The average molecular weight is 165 g/mol. The molecule has 0 bridgehead atoms. The zero-order valence-electron chi connectivity index (χ0n) is 7.37. The van der Waals surface area contributed by atoms with Crippen LogP contribution in [-0.2, 0) is 0 Å². The van der Waals surface area contributed by atoms with Gasteiger partial charge in [0.05, 0.1) is 6.20 Å². The monoisotopic (exact) mass is 165 g/mol. The van der Waals surface area contributed by atoms with Gasteiger partial charge in [0.1, 0.15) is 5.52 Å². The van der Waals surface area contributed by atoms with Crippen molar-refractivity contribution in [1.82, 2.24) is 25.6 Å². The lowest BCUT2D eigenvalue weighted by atomic mass is 10.3. The number of aryl methyl sites for hydroxylation is 1. The minimum Gasteiger partial charge on any atom is -0.195 e. The van der Waals surface area contributed by atoms with E-state index in [-0.39, 0.29) is 0 Å². The second-order valence-electron chi connectivity index (χ2n) is 2.02. The van der Waals surface area contributed by atoms with Gasteiger partial charge >= 0.3 is 0 Å². The van der Waals surface area contributed by atoms with Crippen LogP contribution in [0.2, 0.25) is 0 Å². The van der Waals surface area contributed by atoms with Crippen LogP contribution in [0.5, 0.6) is 0 Å². The van der Waals surface area contributed by atoms with Gasteiger partial charge in [-0.15, -0.1) is 10.2 Å². The third-order valence-electron chi connectivity index (χ3n) is 1.31. The molecule has 2 rings (SSSR count). The van der Waals surface area contributed by atoms with E-state index in [1.54, 1.807) is 6.20 Å². The van der Waals surface area contributed by atoms with Crippen molar-refractivity contribution in [3.63, 3.8) is 0 Å². The number of rotatable bonds is 0. The second-order valence-corrected chi connectivity index (χ2v) is 2.02. The van der Waals surface area contributed by atoms with E-state index < -0.39 is 0 Å². The molecule has 0 aliphatic heterocycles. The Bertz CT molecular complexity index is 353. The molecule has 0 saturated carbocycles. The Morgan fingerprint density at radius 1 is 1.25 bits per heavy atom. The van der Waals surface area contributed by atoms with Gasteiger partial charge in [0, 0.05) is 5.56 Å². The first-order valence-electron chi connectivity index (χ1n) is 3.86. The van der Waals surface area contributed by atoms with E-state index in [4.69, 9.17) is 0 Å². The Hall–Kier alpha value is -1.52. The molecule has 2 heterocycles. The zero-order chi connectivity index (χ0) is 8.97. The topological polar surface area (TPSA) is 67.3 Å². The fourth-order valence-electron chi connectivity index (χ4n) is 0.791.